The van der Waals surface area contributed by atoms with Crippen LogP contribution in [-0.4, -0.2) is 25.2 Å². The molecule has 0 radical (unpaired) electrons. The van der Waals surface area contributed by atoms with Crippen LogP contribution in [0.25, 0.3) is 0 Å². The summed E-state index contributed by atoms with van der Waals surface area (Å²) in [5.74, 6) is 0. The second kappa shape index (κ2) is 4.69. The Bertz CT molecular complexity index is 605. The molecule has 0 spiro atoms. The van der Waals surface area contributed by atoms with Crippen molar-refractivity contribution in [2.75, 3.05) is 16.6 Å². The highest BCUT2D eigenvalue weighted by Crippen LogP contribution is 2.22. The van der Waals surface area contributed by atoms with Gasteiger partial charge >= 0.3 is 0 Å². The Morgan fingerprint density at radius 1 is 1.28 bits per heavy atom. The number of nitrogens with one attached hydrogen (secondary N) is 1. The Balaban J connectivity index is 2.43. The third-order valence-electron chi connectivity index (χ3n) is 2.51. The van der Waals surface area contributed by atoms with Crippen LogP contribution in [-0.2, 0) is 10.0 Å². The first-order valence-corrected chi connectivity index (χ1v) is 6.87. The Kier molecular flexibility index (Phi) is 3.24. The van der Waals surface area contributed by atoms with Crippen LogP contribution in [0.15, 0.2) is 41.6 Å². The van der Waals surface area contributed by atoms with E-state index >= 15 is 0 Å². The van der Waals surface area contributed by atoms with Gasteiger partial charge in [0, 0.05) is 12.2 Å². The topological polar surface area (TPSA) is 92.1 Å². The summed E-state index contributed by atoms with van der Waals surface area (Å²) in [5.41, 5.74) is 6.75. The van der Waals surface area contributed by atoms with Crippen LogP contribution in [0.2, 0.25) is 0 Å². The molecule has 0 fully saturated rings. The van der Waals surface area contributed by atoms with Gasteiger partial charge in [0.15, 0.2) is 5.03 Å². The fraction of sp³-hybridized carbons (Fsp3) is 0.182. The van der Waals surface area contributed by atoms with E-state index in [2.05, 4.69) is 10.2 Å². The van der Waals surface area contributed by atoms with E-state index in [-0.39, 0.29) is 5.03 Å². The van der Waals surface area contributed by atoms with E-state index in [0.717, 1.165) is 0 Å². The Hall–Kier alpha value is -2.02. The fourth-order valence-electron chi connectivity index (χ4n) is 1.64. The van der Waals surface area contributed by atoms with Gasteiger partial charge in [0.2, 0.25) is 0 Å². The van der Waals surface area contributed by atoms with Gasteiger partial charge in [-0.25, -0.2) is 0 Å². The minimum absolute atomic E-state index is 0.0705. The number of rotatable bonds is 4. The van der Waals surface area contributed by atoms with Gasteiger partial charge in [-0.15, -0.1) is 0 Å². The molecule has 0 bridgehead atoms. The first kappa shape index (κ1) is 12.4. The monoisotopic (exact) mass is 266 g/mol. The minimum Gasteiger partial charge on any atom is -0.399 e. The Labute approximate surface area is 105 Å². The summed E-state index contributed by atoms with van der Waals surface area (Å²) in [6.07, 6.45) is 1.41. The number of hydrogen-bond donors (Lipinski definition) is 2. The van der Waals surface area contributed by atoms with Crippen molar-refractivity contribution in [1.82, 2.24) is 10.2 Å². The summed E-state index contributed by atoms with van der Waals surface area (Å²) in [7, 11) is -3.60. The molecule has 0 saturated carbocycles. The van der Waals surface area contributed by atoms with E-state index in [4.69, 9.17) is 5.73 Å². The zero-order valence-electron chi connectivity index (χ0n) is 9.87. The van der Waals surface area contributed by atoms with Crippen molar-refractivity contribution >= 4 is 21.4 Å². The normalized spacial score (nSPS) is 11.4. The molecule has 2 rings (SSSR count). The maximum absolute atomic E-state index is 12.3. The molecule has 0 aliphatic carbocycles. The van der Waals surface area contributed by atoms with Crippen LogP contribution in [0.1, 0.15) is 6.92 Å². The molecule has 0 aliphatic rings. The maximum atomic E-state index is 12.3. The van der Waals surface area contributed by atoms with Gasteiger partial charge in [-0.2, -0.15) is 13.5 Å². The number of aromatic nitrogens is 2. The van der Waals surface area contributed by atoms with Crippen molar-refractivity contribution in [2.45, 2.75) is 11.9 Å². The number of anilines is 2. The van der Waals surface area contributed by atoms with Gasteiger partial charge in [-0.3, -0.25) is 9.40 Å². The van der Waals surface area contributed by atoms with Gasteiger partial charge in [0.25, 0.3) is 10.0 Å². The molecule has 0 saturated heterocycles. The van der Waals surface area contributed by atoms with Crippen LogP contribution in [0.5, 0.6) is 0 Å². The minimum atomic E-state index is -3.60. The molecule has 96 valence electrons. The van der Waals surface area contributed by atoms with E-state index < -0.39 is 10.0 Å². The number of hydrogen-bond acceptors (Lipinski definition) is 4. The molecule has 0 aliphatic heterocycles. The van der Waals surface area contributed by atoms with Gasteiger partial charge < -0.3 is 5.73 Å². The first-order valence-electron chi connectivity index (χ1n) is 5.43. The van der Waals surface area contributed by atoms with Crippen molar-refractivity contribution in [3.05, 3.63) is 36.5 Å². The third-order valence-corrected chi connectivity index (χ3v) is 4.34. The van der Waals surface area contributed by atoms with Crippen molar-refractivity contribution in [3.8, 4) is 0 Å². The summed E-state index contributed by atoms with van der Waals surface area (Å²) in [6.45, 7) is 2.09. The molecule has 18 heavy (non-hydrogen) atoms. The highest BCUT2D eigenvalue weighted by molar-refractivity contribution is 7.92. The smallest absolute Gasteiger partial charge is 0.281 e. The first-order chi connectivity index (χ1) is 8.55. The molecule has 7 heteroatoms. The van der Waals surface area contributed by atoms with Gasteiger partial charge in [0.1, 0.15) is 0 Å². The Morgan fingerprint density at radius 2 is 1.94 bits per heavy atom. The van der Waals surface area contributed by atoms with Crippen LogP contribution in [0.3, 0.4) is 0 Å². The second-order valence-corrected chi connectivity index (χ2v) is 5.51. The molecule has 0 atom stereocenters. The number of sulfonamides is 1. The van der Waals surface area contributed by atoms with Crippen LogP contribution in [0.4, 0.5) is 11.4 Å². The summed E-state index contributed by atoms with van der Waals surface area (Å²) >= 11 is 0. The van der Waals surface area contributed by atoms with Crippen molar-refractivity contribution in [2.24, 2.45) is 0 Å². The summed E-state index contributed by atoms with van der Waals surface area (Å²) < 4.78 is 26.0. The van der Waals surface area contributed by atoms with Gasteiger partial charge in [-0.1, -0.05) is 0 Å². The Morgan fingerprint density at radius 3 is 2.44 bits per heavy atom. The van der Waals surface area contributed by atoms with E-state index in [9.17, 15) is 8.42 Å². The van der Waals surface area contributed by atoms with E-state index in [1.165, 1.54) is 16.6 Å². The standard InChI is InChI=1S/C11H14N4O2S/c1-2-15(10-5-3-9(12)4-6-10)18(16,17)11-7-8-13-14-11/h3-8H,2,12H2,1H3,(H,13,14). The lowest BCUT2D eigenvalue weighted by atomic mass is 10.3. The maximum Gasteiger partial charge on any atom is 0.281 e. The number of nitrogens with two attached hydrogens (primary N) is 1. The summed E-state index contributed by atoms with van der Waals surface area (Å²) in [5, 5.41) is 6.20. The zero-order chi connectivity index (χ0) is 13.2. The SMILES string of the molecule is CCN(c1ccc(N)cc1)S(=O)(=O)c1ccn[nH]1. The lowest BCUT2D eigenvalue weighted by molar-refractivity contribution is 0.587. The molecule has 0 unspecified atom stereocenters. The van der Waals surface area contributed by atoms with Crippen LogP contribution < -0.4 is 10.0 Å². The van der Waals surface area contributed by atoms with E-state index in [0.29, 0.717) is 17.9 Å². The molecule has 1 aromatic carbocycles. The molecule has 6 nitrogen and oxygen atoms in total. The average molecular weight is 266 g/mol. The molecule has 3 N–H and O–H groups in total. The predicted molar refractivity (Wildman–Crippen MR) is 69.6 cm³/mol. The van der Waals surface area contributed by atoms with E-state index in [1.54, 1.807) is 31.2 Å². The predicted octanol–water partition coefficient (Wildman–Crippen LogP) is 1.21. The summed E-state index contributed by atoms with van der Waals surface area (Å²) in [4.78, 5) is 0. The highest BCUT2D eigenvalue weighted by Gasteiger charge is 2.24. The summed E-state index contributed by atoms with van der Waals surface area (Å²) in [6, 6.07) is 8.11. The molecule has 1 aromatic heterocycles. The lowest BCUT2D eigenvalue weighted by Crippen LogP contribution is -2.31. The molecule has 0 amide bonds. The van der Waals surface area contributed by atoms with Gasteiger partial charge in [0.05, 0.1) is 11.9 Å². The number of H-pyrrole nitrogens is 1. The van der Waals surface area contributed by atoms with Crippen LogP contribution >= 0.6 is 0 Å². The number of nitrogens with zero attached hydrogens (tertiary/aromatic N) is 2. The zero-order valence-corrected chi connectivity index (χ0v) is 10.7. The van der Waals surface area contributed by atoms with E-state index in [1.807, 2.05) is 0 Å². The largest absolute Gasteiger partial charge is 0.399 e. The average Bonchev–Trinajstić information content (AvgIpc) is 2.86. The van der Waals surface area contributed by atoms with Crippen molar-refractivity contribution in [1.29, 1.82) is 0 Å². The second-order valence-electron chi connectivity index (χ2n) is 3.68. The van der Waals surface area contributed by atoms with Crippen molar-refractivity contribution < 1.29 is 8.42 Å². The lowest BCUT2D eigenvalue weighted by Gasteiger charge is -2.21. The van der Waals surface area contributed by atoms with Crippen molar-refractivity contribution in [3.63, 3.8) is 0 Å². The molecule has 1 heterocycles. The number of aromatic amines is 1. The van der Waals surface area contributed by atoms with Crippen LogP contribution in [0, 0.1) is 0 Å². The third kappa shape index (κ3) is 2.17. The quantitative estimate of drug-likeness (QED) is 0.813. The highest BCUT2D eigenvalue weighted by atomic mass is 32.2. The number of benzene rings is 1. The number of nitrogen functional groups attached to an aromatic ring is 1. The fourth-order valence-corrected chi connectivity index (χ4v) is 3.01. The van der Waals surface area contributed by atoms with Gasteiger partial charge in [-0.05, 0) is 37.3 Å². The molecular weight excluding hydrogens is 252 g/mol. The molecular formula is C11H14N4O2S. The molecule has 2 aromatic rings.